The smallest absolute Gasteiger partial charge is 0.249 e. The molecule has 2 N–H and O–H groups in total. The van der Waals surface area contributed by atoms with Gasteiger partial charge in [-0.3, -0.25) is 0 Å². The Kier molecular flexibility index (Phi) is 4.41. The van der Waals surface area contributed by atoms with E-state index >= 15 is 0 Å². The van der Waals surface area contributed by atoms with Crippen molar-refractivity contribution in [2.45, 2.75) is 30.7 Å². The third-order valence-corrected chi connectivity index (χ3v) is 5.69. The van der Waals surface area contributed by atoms with Crippen molar-refractivity contribution in [2.75, 3.05) is 13.1 Å². The van der Waals surface area contributed by atoms with Crippen LogP contribution in [0.15, 0.2) is 23.1 Å². The zero-order valence-corrected chi connectivity index (χ0v) is 12.0. The van der Waals surface area contributed by atoms with Crippen LogP contribution < -0.4 is 5.73 Å². The molecule has 0 spiro atoms. The van der Waals surface area contributed by atoms with Crippen LogP contribution in [0.3, 0.4) is 0 Å². The van der Waals surface area contributed by atoms with Gasteiger partial charge in [0.15, 0.2) is 4.90 Å². The molecule has 1 saturated heterocycles. The fourth-order valence-corrected chi connectivity index (χ4v) is 4.38. The summed E-state index contributed by atoms with van der Waals surface area (Å²) in [5, 5.41) is 0. The summed E-state index contributed by atoms with van der Waals surface area (Å²) in [6.07, 6.45) is 1.26. The van der Waals surface area contributed by atoms with Crippen molar-refractivity contribution in [1.29, 1.82) is 0 Å². The quantitative estimate of drug-likeness (QED) is 0.924. The second-order valence-corrected chi connectivity index (χ2v) is 7.01. The first kappa shape index (κ1) is 15.3. The molecule has 20 heavy (non-hydrogen) atoms. The highest BCUT2D eigenvalue weighted by molar-refractivity contribution is 7.89. The Morgan fingerprint density at radius 2 is 1.95 bits per heavy atom. The Bertz CT molecular complexity index is 572. The van der Waals surface area contributed by atoms with Gasteiger partial charge in [-0.1, -0.05) is 13.0 Å². The van der Waals surface area contributed by atoms with Crippen molar-refractivity contribution in [2.24, 2.45) is 11.7 Å². The summed E-state index contributed by atoms with van der Waals surface area (Å²) in [6.45, 7) is 2.38. The normalized spacial score (nSPS) is 24.8. The van der Waals surface area contributed by atoms with E-state index in [0.29, 0.717) is 18.8 Å². The summed E-state index contributed by atoms with van der Waals surface area (Å²) < 4.78 is 53.6. The maximum absolute atomic E-state index is 13.7. The lowest BCUT2D eigenvalue weighted by Crippen LogP contribution is -2.49. The number of halogens is 2. The van der Waals surface area contributed by atoms with Crippen molar-refractivity contribution in [1.82, 2.24) is 4.31 Å². The van der Waals surface area contributed by atoms with Crippen LogP contribution >= 0.6 is 0 Å². The van der Waals surface area contributed by atoms with E-state index in [1.807, 2.05) is 6.92 Å². The first-order valence-electron chi connectivity index (χ1n) is 6.54. The molecule has 0 amide bonds. The van der Waals surface area contributed by atoms with Gasteiger partial charge in [-0.25, -0.2) is 17.2 Å². The van der Waals surface area contributed by atoms with Gasteiger partial charge < -0.3 is 5.73 Å². The molecule has 1 aromatic rings. The fraction of sp³-hybridized carbons (Fsp3) is 0.538. The maximum atomic E-state index is 13.7. The Balaban J connectivity index is 2.44. The van der Waals surface area contributed by atoms with Gasteiger partial charge in [0.2, 0.25) is 10.0 Å². The van der Waals surface area contributed by atoms with Crippen LogP contribution in [0.1, 0.15) is 19.8 Å². The highest BCUT2D eigenvalue weighted by Crippen LogP contribution is 2.30. The van der Waals surface area contributed by atoms with E-state index in [-0.39, 0.29) is 13.1 Å². The number of piperidine rings is 1. The van der Waals surface area contributed by atoms with Crippen LogP contribution in [0.4, 0.5) is 8.78 Å². The molecule has 1 aliphatic heterocycles. The second kappa shape index (κ2) is 5.75. The van der Waals surface area contributed by atoms with E-state index < -0.39 is 32.6 Å². The van der Waals surface area contributed by atoms with Crippen LogP contribution in [0.2, 0.25) is 0 Å². The van der Waals surface area contributed by atoms with Crippen LogP contribution in [-0.4, -0.2) is 31.9 Å². The Morgan fingerprint density at radius 1 is 1.35 bits per heavy atom. The fourth-order valence-electron chi connectivity index (χ4n) is 2.61. The van der Waals surface area contributed by atoms with Gasteiger partial charge in [-0.05, 0) is 30.9 Å². The van der Waals surface area contributed by atoms with Crippen molar-refractivity contribution >= 4 is 10.0 Å². The largest absolute Gasteiger partial charge is 0.329 e. The van der Waals surface area contributed by atoms with Gasteiger partial charge in [0.05, 0.1) is 0 Å². The second-order valence-electron chi connectivity index (χ2n) is 5.19. The van der Waals surface area contributed by atoms with E-state index in [2.05, 4.69) is 0 Å². The minimum absolute atomic E-state index is 0.139. The van der Waals surface area contributed by atoms with Crippen LogP contribution in [0.25, 0.3) is 0 Å². The predicted octanol–water partition coefficient (Wildman–Crippen LogP) is 1.71. The third-order valence-electron chi connectivity index (χ3n) is 3.68. The average Bonchev–Trinajstić information content (AvgIpc) is 2.37. The first-order valence-corrected chi connectivity index (χ1v) is 7.98. The van der Waals surface area contributed by atoms with E-state index in [4.69, 9.17) is 5.73 Å². The predicted molar refractivity (Wildman–Crippen MR) is 71.5 cm³/mol. The minimum Gasteiger partial charge on any atom is -0.329 e. The number of hydrogen-bond acceptors (Lipinski definition) is 3. The van der Waals surface area contributed by atoms with Gasteiger partial charge >= 0.3 is 0 Å². The summed E-state index contributed by atoms with van der Waals surface area (Å²) in [6, 6.07) is 2.62. The first-order chi connectivity index (χ1) is 9.37. The molecule has 1 aliphatic rings. The van der Waals surface area contributed by atoms with Crippen molar-refractivity contribution in [3.8, 4) is 0 Å². The molecule has 4 nitrogen and oxygen atoms in total. The molecule has 2 rings (SSSR count). The zero-order chi connectivity index (χ0) is 14.9. The number of benzene rings is 1. The van der Waals surface area contributed by atoms with Gasteiger partial charge in [0, 0.05) is 19.1 Å². The minimum atomic E-state index is -4.20. The number of hydrogen-bond donors (Lipinski definition) is 1. The van der Waals surface area contributed by atoms with Gasteiger partial charge in [0.25, 0.3) is 0 Å². The molecule has 0 aliphatic carbocycles. The monoisotopic (exact) mass is 304 g/mol. The average molecular weight is 304 g/mol. The highest BCUT2D eigenvalue weighted by atomic mass is 32.2. The highest BCUT2D eigenvalue weighted by Gasteiger charge is 2.37. The standard InChI is InChI=1S/C13H18F2N2O2S/c1-9-5-6-17(10(7-9)8-16)20(18,19)13-11(14)3-2-4-12(13)15/h2-4,9-10H,5-8,16H2,1H3. The lowest BCUT2D eigenvalue weighted by atomic mass is 9.94. The Morgan fingerprint density at radius 3 is 2.50 bits per heavy atom. The summed E-state index contributed by atoms with van der Waals surface area (Å²) in [7, 11) is -4.20. The molecule has 0 aromatic heterocycles. The molecule has 1 aromatic carbocycles. The SMILES string of the molecule is CC1CCN(S(=O)(=O)c2c(F)cccc2F)C(CN)C1. The summed E-state index contributed by atoms with van der Waals surface area (Å²) >= 11 is 0. The van der Waals surface area contributed by atoms with Crippen molar-refractivity contribution in [3.05, 3.63) is 29.8 Å². The lowest BCUT2D eigenvalue weighted by Gasteiger charge is -2.36. The molecule has 0 bridgehead atoms. The third kappa shape index (κ3) is 2.70. The molecular formula is C13H18F2N2O2S. The van der Waals surface area contributed by atoms with Crippen LogP contribution in [0.5, 0.6) is 0 Å². The topological polar surface area (TPSA) is 63.4 Å². The molecule has 7 heteroatoms. The number of nitrogens with zero attached hydrogens (tertiary/aromatic N) is 1. The Hall–Kier alpha value is -1.05. The number of rotatable bonds is 3. The lowest BCUT2D eigenvalue weighted by molar-refractivity contribution is 0.210. The van der Waals surface area contributed by atoms with E-state index in [1.54, 1.807) is 0 Å². The molecule has 112 valence electrons. The molecule has 1 heterocycles. The maximum Gasteiger partial charge on any atom is 0.249 e. The van der Waals surface area contributed by atoms with E-state index in [0.717, 1.165) is 22.5 Å². The van der Waals surface area contributed by atoms with Crippen molar-refractivity contribution < 1.29 is 17.2 Å². The molecule has 1 fully saturated rings. The zero-order valence-electron chi connectivity index (χ0n) is 11.2. The van der Waals surface area contributed by atoms with E-state index in [1.165, 1.54) is 0 Å². The number of sulfonamides is 1. The van der Waals surface area contributed by atoms with Crippen molar-refractivity contribution in [3.63, 3.8) is 0 Å². The molecule has 2 atom stereocenters. The van der Waals surface area contributed by atoms with Gasteiger partial charge in [0.1, 0.15) is 11.6 Å². The van der Waals surface area contributed by atoms with Crippen LogP contribution in [-0.2, 0) is 10.0 Å². The van der Waals surface area contributed by atoms with Crippen LogP contribution in [0, 0.1) is 17.6 Å². The Labute approximate surface area is 117 Å². The molecular weight excluding hydrogens is 286 g/mol. The number of nitrogens with two attached hydrogens (primary N) is 1. The summed E-state index contributed by atoms with van der Waals surface area (Å²) in [5.41, 5.74) is 5.61. The summed E-state index contributed by atoms with van der Waals surface area (Å²) in [5.74, 6) is -1.79. The van der Waals surface area contributed by atoms with Gasteiger partial charge in [-0.15, -0.1) is 0 Å². The molecule has 0 radical (unpaired) electrons. The summed E-state index contributed by atoms with van der Waals surface area (Å²) in [4.78, 5) is -0.881. The molecule has 0 saturated carbocycles. The molecule has 2 unspecified atom stereocenters. The van der Waals surface area contributed by atoms with Gasteiger partial charge in [-0.2, -0.15) is 4.31 Å². The van der Waals surface area contributed by atoms with E-state index in [9.17, 15) is 17.2 Å².